The van der Waals surface area contributed by atoms with Crippen LogP contribution in [0.25, 0.3) is 0 Å². The lowest BCUT2D eigenvalue weighted by molar-refractivity contribution is -0.130. The third-order valence-electron chi connectivity index (χ3n) is 5.37. The largest absolute Gasteiger partial charge is 0.503 e. The molecule has 0 saturated carbocycles. The fraction of sp³-hybridized carbons (Fsp3) is 0.231. The van der Waals surface area contributed by atoms with Crippen LogP contribution in [0.2, 0.25) is 0 Å². The number of thiophene rings is 1. The molecule has 2 heterocycles. The van der Waals surface area contributed by atoms with Gasteiger partial charge in [-0.1, -0.05) is 30.3 Å². The van der Waals surface area contributed by atoms with Crippen LogP contribution < -0.4 is 9.47 Å². The van der Waals surface area contributed by atoms with E-state index in [0.29, 0.717) is 16.2 Å². The Morgan fingerprint density at radius 3 is 2.30 bits per heavy atom. The topological polar surface area (TPSA) is 76.1 Å². The summed E-state index contributed by atoms with van der Waals surface area (Å²) >= 11 is 1.28. The Kier molecular flexibility index (Phi) is 6.51. The van der Waals surface area contributed by atoms with E-state index in [0.717, 1.165) is 11.3 Å². The summed E-state index contributed by atoms with van der Waals surface area (Å²) in [6.07, 6.45) is 0.0578. The standard InChI is InChI=1S/C26H25NO5S/c1-16(2)32-20-10-6-17(7-11-20)15-27-23(18-8-12-19(31-3)13-9-18)22(25(29)26(27)30)24(28)21-5-4-14-33-21/h4-14,16,23,29H,15H2,1-3H3. The number of hydrogen-bond acceptors (Lipinski definition) is 6. The normalized spacial score (nSPS) is 15.9. The number of nitrogens with zero attached hydrogens (tertiary/aromatic N) is 1. The van der Waals surface area contributed by atoms with Crippen LogP contribution in [0.15, 0.2) is 77.4 Å². The lowest BCUT2D eigenvalue weighted by Crippen LogP contribution is -2.30. The van der Waals surface area contributed by atoms with E-state index in [4.69, 9.17) is 9.47 Å². The van der Waals surface area contributed by atoms with Crippen molar-refractivity contribution < 1.29 is 24.2 Å². The number of amides is 1. The summed E-state index contributed by atoms with van der Waals surface area (Å²) in [6, 6.07) is 17.4. The average molecular weight is 464 g/mol. The zero-order chi connectivity index (χ0) is 23.5. The van der Waals surface area contributed by atoms with Crippen molar-refractivity contribution in [2.24, 2.45) is 0 Å². The van der Waals surface area contributed by atoms with Gasteiger partial charge in [-0.25, -0.2) is 0 Å². The van der Waals surface area contributed by atoms with Gasteiger partial charge in [0, 0.05) is 6.54 Å². The second-order valence-electron chi connectivity index (χ2n) is 7.99. The Hall–Kier alpha value is -3.58. The minimum Gasteiger partial charge on any atom is -0.503 e. The molecule has 0 bridgehead atoms. The Bertz CT molecular complexity index is 1160. The molecule has 4 rings (SSSR count). The van der Waals surface area contributed by atoms with Gasteiger partial charge in [0.05, 0.1) is 29.7 Å². The SMILES string of the molecule is COc1ccc(C2C(C(=O)c3cccs3)=C(O)C(=O)N2Cc2ccc(OC(C)C)cc2)cc1. The fourth-order valence-electron chi connectivity index (χ4n) is 3.86. The Morgan fingerprint density at radius 2 is 1.73 bits per heavy atom. The van der Waals surface area contributed by atoms with E-state index in [1.807, 2.05) is 50.2 Å². The first-order valence-corrected chi connectivity index (χ1v) is 11.5. The van der Waals surface area contributed by atoms with Gasteiger partial charge in [-0.15, -0.1) is 11.3 Å². The maximum Gasteiger partial charge on any atom is 0.290 e. The predicted octanol–water partition coefficient (Wildman–Crippen LogP) is 5.32. The van der Waals surface area contributed by atoms with Crippen molar-refractivity contribution in [2.45, 2.75) is 32.5 Å². The molecule has 1 N–H and O–H groups in total. The molecule has 0 spiro atoms. The Balaban J connectivity index is 1.70. The molecule has 0 fully saturated rings. The van der Waals surface area contributed by atoms with Crippen LogP contribution in [-0.2, 0) is 11.3 Å². The molecule has 2 aromatic carbocycles. The summed E-state index contributed by atoms with van der Waals surface area (Å²) in [5.74, 6) is -0.0236. The molecule has 1 unspecified atom stereocenters. The van der Waals surface area contributed by atoms with E-state index < -0.39 is 17.7 Å². The fourth-order valence-corrected chi connectivity index (χ4v) is 4.54. The number of ether oxygens (including phenoxy) is 2. The van der Waals surface area contributed by atoms with Crippen LogP contribution in [0.4, 0.5) is 0 Å². The van der Waals surface area contributed by atoms with Crippen molar-refractivity contribution in [2.75, 3.05) is 7.11 Å². The summed E-state index contributed by atoms with van der Waals surface area (Å²) < 4.78 is 10.9. The van der Waals surface area contributed by atoms with Crippen molar-refractivity contribution >= 4 is 23.0 Å². The number of ketones is 1. The van der Waals surface area contributed by atoms with E-state index >= 15 is 0 Å². The summed E-state index contributed by atoms with van der Waals surface area (Å²) in [6.45, 7) is 4.14. The molecule has 1 atom stereocenters. The van der Waals surface area contributed by atoms with Crippen molar-refractivity contribution in [1.29, 1.82) is 0 Å². The first-order valence-electron chi connectivity index (χ1n) is 10.6. The smallest absolute Gasteiger partial charge is 0.290 e. The number of carbonyl (C=O) groups is 2. The third-order valence-corrected chi connectivity index (χ3v) is 6.24. The molecule has 3 aromatic rings. The zero-order valence-electron chi connectivity index (χ0n) is 18.6. The van der Waals surface area contributed by atoms with E-state index in [9.17, 15) is 14.7 Å². The Labute approximate surface area is 196 Å². The summed E-state index contributed by atoms with van der Waals surface area (Å²) in [5, 5.41) is 12.6. The molecule has 1 aliphatic heterocycles. The van der Waals surface area contributed by atoms with Crippen LogP contribution in [-0.4, -0.2) is 34.9 Å². The highest BCUT2D eigenvalue weighted by atomic mass is 32.1. The van der Waals surface area contributed by atoms with Gasteiger partial charge in [-0.05, 0) is 60.7 Å². The highest BCUT2D eigenvalue weighted by Crippen LogP contribution is 2.40. The lowest BCUT2D eigenvalue weighted by Gasteiger charge is -2.27. The molecule has 0 aliphatic carbocycles. The van der Waals surface area contributed by atoms with Gasteiger partial charge in [0.15, 0.2) is 5.76 Å². The molecule has 6 nitrogen and oxygen atoms in total. The molecule has 0 saturated heterocycles. The minimum absolute atomic E-state index is 0.0578. The maximum atomic E-state index is 13.3. The predicted molar refractivity (Wildman–Crippen MR) is 127 cm³/mol. The second kappa shape index (κ2) is 9.50. The number of rotatable bonds is 8. The number of carbonyl (C=O) groups excluding carboxylic acids is 2. The van der Waals surface area contributed by atoms with Crippen molar-refractivity contribution in [1.82, 2.24) is 4.90 Å². The number of Topliss-reactive ketones (excluding diaryl/α,β-unsaturated/α-hetero) is 1. The van der Waals surface area contributed by atoms with Gasteiger partial charge in [0.25, 0.3) is 5.91 Å². The van der Waals surface area contributed by atoms with Gasteiger partial charge >= 0.3 is 0 Å². The summed E-state index contributed by atoms with van der Waals surface area (Å²) in [4.78, 5) is 28.4. The van der Waals surface area contributed by atoms with E-state index in [2.05, 4.69) is 0 Å². The van der Waals surface area contributed by atoms with Gasteiger partial charge in [0.1, 0.15) is 11.5 Å². The third kappa shape index (κ3) is 4.64. The van der Waals surface area contributed by atoms with Gasteiger partial charge in [-0.3, -0.25) is 9.59 Å². The summed E-state index contributed by atoms with van der Waals surface area (Å²) in [5.41, 5.74) is 1.66. The van der Waals surface area contributed by atoms with Gasteiger partial charge < -0.3 is 19.5 Å². The highest BCUT2D eigenvalue weighted by molar-refractivity contribution is 7.12. The number of aliphatic hydroxyl groups is 1. The number of aliphatic hydroxyl groups excluding tert-OH is 1. The molecule has 33 heavy (non-hydrogen) atoms. The van der Waals surface area contributed by atoms with Crippen molar-refractivity contribution in [3.8, 4) is 11.5 Å². The number of hydrogen-bond donors (Lipinski definition) is 1. The van der Waals surface area contributed by atoms with Gasteiger partial charge in [0.2, 0.25) is 5.78 Å². The van der Waals surface area contributed by atoms with Crippen molar-refractivity contribution in [3.63, 3.8) is 0 Å². The van der Waals surface area contributed by atoms with Crippen LogP contribution >= 0.6 is 11.3 Å². The monoisotopic (exact) mass is 463 g/mol. The van der Waals surface area contributed by atoms with Crippen molar-refractivity contribution in [3.05, 3.63) is 93.4 Å². The molecule has 0 radical (unpaired) electrons. The average Bonchev–Trinajstić information content (AvgIpc) is 3.43. The first-order chi connectivity index (χ1) is 15.9. The number of benzene rings is 2. The van der Waals surface area contributed by atoms with E-state index in [1.165, 1.54) is 16.2 Å². The molecular formula is C26H25NO5S. The molecule has 170 valence electrons. The number of methoxy groups -OCH3 is 1. The van der Waals surface area contributed by atoms with Crippen LogP contribution in [0.5, 0.6) is 11.5 Å². The molecular weight excluding hydrogens is 438 g/mol. The van der Waals surface area contributed by atoms with Crippen LogP contribution in [0.1, 0.15) is 40.7 Å². The van der Waals surface area contributed by atoms with Crippen LogP contribution in [0, 0.1) is 0 Å². The lowest BCUT2D eigenvalue weighted by atomic mass is 9.95. The Morgan fingerprint density at radius 1 is 1.06 bits per heavy atom. The van der Waals surface area contributed by atoms with E-state index in [1.54, 1.807) is 36.8 Å². The minimum atomic E-state index is -0.718. The van der Waals surface area contributed by atoms with E-state index in [-0.39, 0.29) is 24.0 Å². The van der Waals surface area contributed by atoms with Gasteiger partial charge in [-0.2, -0.15) is 0 Å². The molecule has 1 aliphatic rings. The molecule has 1 aromatic heterocycles. The molecule has 1 amide bonds. The highest BCUT2D eigenvalue weighted by Gasteiger charge is 2.44. The first kappa shape index (κ1) is 22.6. The maximum absolute atomic E-state index is 13.3. The second-order valence-corrected chi connectivity index (χ2v) is 8.94. The zero-order valence-corrected chi connectivity index (χ0v) is 19.5. The summed E-state index contributed by atoms with van der Waals surface area (Å²) in [7, 11) is 1.57. The van der Waals surface area contributed by atoms with Crippen LogP contribution in [0.3, 0.4) is 0 Å². The quantitative estimate of drug-likeness (QED) is 0.458. The molecule has 7 heteroatoms.